The summed E-state index contributed by atoms with van der Waals surface area (Å²) in [7, 11) is -6.47. The second kappa shape index (κ2) is 12.6. The standard InChI is InChI=1S/C13H12.Ba.O5P2/c1-3-7-12(8-4-1)11-13-9-5-2-6-10-13;;1-6(2)5-7(3)4/h1-10H,11H2;;/q;+2;. The van der Waals surface area contributed by atoms with Crippen LogP contribution in [0.1, 0.15) is 11.1 Å². The van der Waals surface area contributed by atoms with Crippen LogP contribution >= 0.6 is 16.5 Å². The first-order chi connectivity index (χ1) is 9.58. The molecule has 2 unspecified atom stereocenters. The van der Waals surface area contributed by atoms with Gasteiger partial charge in [-0.1, -0.05) is 60.7 Å². The van der Waals surface area contributed by atoms with E-state index in [0.29, 0.717) is 0 Å². The molecule has 8 heteroatoms. The van der Waals surface area contributed by atoms with Gasteiger partial charge in [0, 0.05) is 0 Å². The zero-order chi connectivity index (χ0) is 14.8. The molecular weight excluding hydrogens is 435 g/mol. The van der Waals surface area contributed by atoms with Crippen molar-refractivity contribution in [3.63, 3.8) is 0 Å². The third-order valence-electron chi connectivity index (χ3n) is 2.23. The first kappa shape index (κ1) is 21.1. The Balaban J connectivity index is 0.000000436. The van der Waals surface area contributed by atoms with Gasteiger partial charge in [0.2, 0.25) is 0 Å². The summed E-state index contributed by atoms with van der Waals surface area (Å²) in [5.74, 6) is 0. The van der Waals surface area contributed by atoms with Crippen LogP contribution in [0.5, 0.6) is 0 Å². The Kier molecular flexibility index (Phi) is 12.7. The summed E-state index contributed by atoms with van der Waals surface area (Å²) in [5, 5.41) is 0. The van der Waals surface area contributed by atoms with Crippen molar-refractivity contribution in [3.05, 3.63) is 71.8 Å². The van der Waals surface area contributed by atoms with Gasteiger partial charge >= 0.3 is 65.4 Å². The normalized spacial score (nSPS) is 10.6. The van der Waals surface area contributed by atoms with Crippen LogP contribution in [0.4, 0.5) is 0 Å². The number of benzene rings is 2. The molecule has 0 heterocycles. The van der Waals surface area contributed by atoms with Crippen molar-refractivity contribution in [1.29, 1.82) is 0 Å². The average Bonchev–Trinajstić information content (AvgIpc) is 2.40. The number of rotatable bonds is 4. The third kappa shape index (κ3) is 11.3. The first-order valence-electron chi connectivity index (χ1n) is 5.62. The molecule has 0 saturated carbocycles. The Hall–Kier alpha value is 0.0914. The van der Waals surface area contributed by atoms with Crippen molar-refractivity contribution in [2.75, 3.05) is 0 Å². The van der Waals surface area contributed by atoms with Gasteiger partial charge in [-0.25, -0.2) is 0 Å². The topological polar surface area (TPSA) is 89.5 Å². The molecule has 21 heavy (non-hydrogen) atoms. The maximum atomic E-state index is 9.24. The van der Waals surface area contributed by atoms with Crippen molar-refractivity contribution in [2.45, 2.75) is 6.42 Å². The van der Waals surface area contributed by atoms with E-state index in [-0.39, 0.29) is 48.9 Å². The molecule has 0 saturated heterocycles. The van der Waals surface area contributed by atoms with Crippen molar-refractivity contribution < 1.29 is 23.2 Å². The van der Waals surface area contributed by atoms with Crippen molar-refractivity contribution in [1.82, 2.24) is 0 Å². The smallest absolute Gasteiger partial charge is 0.563 e. The SMILES string of the molecule is O=[P+]([O-])O[P+](=O)[O-].[Ba+2].c1ccc(Cc2ccccc2)cc1. The first-order valence-corrected chi connectivity index (χ1v) is 7.81. The largest absolute Gasteiger partial charge is 2.00 e. The Morgan fingerprint density at radius 2 is 1.10 bits per heavy atom. The van der Waals surface area contributed by atoms with E-state index in [0.717, 1.165) is 6.42 Å². The number of hydrogen-bond acceptors (Lipinski definition) is 5. The minimum absolute atomic E-state index is 0. The summed E-state index contributed by atoms with van der Waals surface area (Å²) in [6, 6.07) is 21.1. The third-order valence-corrected chi connectivity index (χ3v) is 3.29. The fourth-order valence-electron chi connectivity index (χ4n) is 1.48. The molecule has 0 bridgehead atoms. The predicted molar refractivity (Wildman–Crippen MR) is 77.7 cm³/mol. The molecule has 0 aliphatic carbocycles. The molecule has 0 aliphatic heterocycles. The van der Waals surface area contributed by atoms with Crippen LogP contribution in [0, 0.1) is 0 Å². The van der Waals surface area contributed by atoms with Crippen molar-refractivity contribution >= 4 is 65.4 Å². The molecule has 2 aromatic carbocycles. The molecule has 5 nitrogen and oxygen atoms in total. The quantitative estimate of drug-likeness (QED) is 0.528. The van der Waals surface area contributed by atoms with Crippen LogP contribution in [0.2, 0.25) is 0 Å². The van der Waals surface area contributed by atoms with Crippen LogP contribution in [0.15, 0.2) is 60.7 Å². The fraction of sp³-hybridized carbons (Fsp3) is 0.0769. The fourth-order valence-corrected chi connectivity index (χ4v) is 1.92. The molecule has 2 rings (SSSR count). The summed E-state index contributed by atoms with van der Waals surface area (Å²) in [4.78, 5) is 18.5. The predicted octanol–water partition coefficient (Wildman–Crippen LogP) is 1.93. The van der Waals surface area contributed by atoms with E-state index in [2.05, 4.69) is 65.0 Å². The van der Waals surface area contributed by atoms with E-state index in [1.165, 1.54) is 11.1 Å². The van der Waals surface area contributed by atoms with Crippen molar-refractivity contribution in [3.8, 4) is 0 Å². The average molecular weight is 448 g/mol. The van der Waals surface area contributed by atoms with Crippen molar-refractivity contribution in [2.24, 2.45) is 0 Å². The van der Waals surface area contributed by atoms with E-state index < -0.39 is 16.5 Å². The van der Waals surface area contributed by atoms with Gasteiger partial charge in [0.05, 0.1) is 0 Å². The molecule has 2 aromatic rings. The second-order valence-electron chi connectivity index (χ2n) is 3.68. The minimum Gasteiger partial charge on any atom is -0.563 e. The zero-order valence-corrected chi connectivity index (χ0v) is 17.4. The maximum absolute atomic E-state index is 9.24. The summed E-state index contributed by atoms with van der Waals surface area (Å²) in [6.07, 6.45) is 1.03. The molecule has 0 amide bonds. The van der Waals surface area contributed by atoms with Gasteiger partial charge in [-0.05, 0) is 26.7 Å². The van der Waals surface area contributed by atoms with E-state index in [9.17, 15) is 18.9 Å². The molecule has 0 N–H and O–H groups in total. The van der Waals surface area contributed by atoms with Gasteiger partial charge in [0.1, 0.15) is 4.31 Å². The van der Waals surface area contributed by atoms with Crippen LogP contribution in [0.3, 0.4) is 0 Å². The number of hydrogen-bond donors (Lipinski definition) is 0. The minimum atomic E-state index is -3.24. The monoisotopic (exact) mass is 448 g/mol. The summed E-state index contributed by atoms with van der Waals surface area (Å²) in [5.41, 5.74) is 2.74. The van der Waals surface area contributed by atoms with E-state index >= 15 is 0 Å². The molecule has 2 atom stereocenters. The molecule has 0 aliphatic rings. The van der Waals surface area contributed by atoms with Crippen LogP contribution < -0.4 is 9.79 Å². The van der Waals surface area contributed by atoms with Gasteiger partial charge in [-0.3, -0.25) is 0 Å². The Labute approximate surface area is 165 Å². The Morgan fingerprint density at radius 3 is 1.33 bits per heavy atom. The Morgan fingerprint density at radius 1 is 0.762 bits per heavy atom. The second-order valence-corrected chi connectivity index (χ2v) is 5.22. The van der Waals surface area contributed by atoms with Gasteiger partial charge < -0.3 is 9.79 Å². The summed E-state index contributed by atoms with van der Waals surface area (Å²) >= 11 is 0. The van der Waals surface area contributed by atoms with E-state index in [1.807, 2.05) is 0 Å². The van der Waals surface area contributed by atoms with Gasteiger partial charge in [-0.15, -0.1) is 0 Å². The molecule has 0 fully saturated rings. The molecule has 0 spiro atoms. The maximum Gasteiger partial charge on any atom is 2.00 e. The molecule has 104 valence electrons. The van der Waals surface area contributed by atoms with Crippen LogP contribution in [-0.2, 0) is 19.9 Å². The van der Waals surface area contributed by atoms with E-state index in [1.54, 1.807) is 0 Å². The molecule has 0 aromatic heterocycles. The zero-order valence-electron chi connectivity index (χ0n) is 11.1. The Bertz CT molecular complexity index is 502. The van der Waals surface area contributed by atoms with E-state index in [4.69, 9.17) is 0 Å². The van der Waals surface area contributed by atoms with Crippen LogP contribution in [0.25, 0.3) is 0 Å². The van der Waals surface area contributed by atoms with Crippen LogP contribution in [-0.4, -0.2) is 48.9 Å². The van der Waals surface area contributed by atoms with Gasteiger partial charge in [-0.2, -0.15) is 0 Å². The summed E-state index contributed by atoms with van der Waals surface area (Å²) in [6.45, 7) is 0. The molecular formula is C13H12BaO5P2+2. The van der Waals surface area contributed by atoms with Gasteiger partial charge in [0.15, 0.2) is 0 Å². The molecule has 0 radical (unpaired) electrons. The summed E-state index contributed by atoms with van der Waals surface area (Å²) < 4.78 is 21.6. The van der Waals surface area contributed by atoms with Gasteiger partial charge in [0.25, 0.3) is 0 Å².